The van der Waals surface area contributed by atoms with Gasteiger partial charge in [0.2, 0.25) is 0 Å². The number of fused-ring (bicyclic) bond motifs is 3. The van der Waals surface area contributed by atoms with Crippen molar-refractivity contribution >= 4 is 16.8 Å². The maximum Gasteiger partial charge on any atom is 0.156 e. The Hall–Kier alpha value is -1.84. The summed E-state index contributed by atoms with van der Waals surface area (Å²) in [6.07, 6.45) is 21.3. The molecule has 0 aromatic carbocycles. The first-order chi connectivity index (χ1) is 12.4. The molecule has 0 amide bonds. The highest BCUT2D eigenvalue weighted by Gasteiger charge is 2.21. The van der Waals surface area contributed by atoms with Crippen molar-refractivity contribution < 1.29 is 0 Å². The van der Waals surface area contributed by atoms with Crippen molar-refractivity contribution in [2.45, 2.75) is 76.5 Å². The van der Waals surface area contributed by atoms with Crippen LogP contribution in [0.5, 0.6) is 0 Å². The van der Waals surface area contributed by atoms with E-state index >= 15 is 0 Å². The van der Waals surface area contributed by atoms with E-state index in [1.807, 2.05) is 6.20 Å². The molecule has 4 nitrogen and oxygen atoms in total. The molecule has 2 aliphatic carbocycles. The van der Waals surface area contributed by atoms with Crippen molar-refractivity contribution in [3.63, 3.8) is 0 Å². The van der Waals surface area contributed by atoms with Gasteiger partial charge in [0.1, 0.15) is 0 Å². The molecule has 3 aromatic heterocycles. The van der Waals surface area contributed by atoms with Crippen LogP contribution in [0.25, 0.3) is 16.8 Å². The molecule has 2 saturated carbocycles. The largest absolute Gasteiger partial charge is 0.345 e. The van der Waals surface area contributed by atoms with E-state index in [0.29, 0.717) is 5.92 Å². The summed E-state index contributed by atoms with van der Waals surface area (Å²) in [7, 11) is 0. The van der Waals surface area contributed by atoms with Crippen LogP contribution in [0.3, 0.4) is 0 Å². The number of imidazole rings is 1. The van der Waals surface area contributed by atoms with Crippen LogP contribution < -0.4 is 0 Å². The summed E-state index contributed by atoms with van der Waals surface area (Å²) in [5, 5.41) is 0. The van der Waals surface area contributed by atoms with Gasteiger partial charge in [0, 0.05) is 18.3 Å². The highest BCUT2D eigenvalue weighted by molar-refractivity contribution is 5.78. The van der Waals surface area contributed by atoms with Gasteiger partial charge in [-0.3, -0.25) is 4.40 Å². The molecule has 1 N–H and O–H groups in total. The Kier molecular flexibility index (Phi) is 3.99. The van der Waals surface area contributed by atoms with Crippen molar-refractivity contribution in [2.24, 2.45) is 5.92 Å². The van der Waals surface area contributed by atoms with Crippen LogP contribution in [0.15, 0.2) is 18.6 Å². The van der Waals surface area contributed by atoms with Crippen LogP contribution in [-0.4, -0.2) is 19.4 Å². The lowest BCUT2D eigenvalue weighted by molar-refractivity contribution is 0.357. The van der Waals surface area contributed by atoms with E-state index in [2.05, 4.69) is 26.8 Å². The quantitative estimate of drug-likeness (QED) is 0.698. The molecule has 5 rings (SSSR count). The average Bonchev–Trinajstić information content (AvgIpc) is 3.27. The van der Waals surface area contributed by atoms with Gasteiger partial charge in [-0.1, -0.05) is 51.4 Å². The molecule has 2 fully saturated rings. The molecule has 25 heavy (non-hydrogen) atoms. The van der Waals surface area contributed by atoms with Gasteiger partial charge in [-0.05, 0) is 30.7 Å². The normalized spacial score (nSPS) is 20.6. The third-order valence-electron chi connectivity index (χ3n) is 6.47. The van der Waals surface area contributed by atoms with Gasteiger partial charge in [-0.25, -0.2) is 9.97 Å². The number of rotatable bonds is 3. The molecule has 3 heterocycles. The minimum Gasteiger partial charge on any atom is -0.345 e. The predicted octanol–water partition coefficient (Wildman–Crippen LogP) is 5.38. The average molecular weight is 336 g/mol. The second-order valence-electron chi connectivity index (χ2n) is 8.21. The Balaban J connectivity index is 1.53. The van der Waals surface area contributed by atoms with Gasteiger partial charge in [0.15, 0.2) is 11.3 Å². The number of nitrogens with zero attached hydrogens (tertiary/aromatic N) is 3. The zero-order valence-corrected chi connectivity index (χ0v) is 15.0. The van der Waals surface area contributed by atoms with Crippen molar-refractivity contribution in [2.75, 3.05) is 0 Å². The first-order valence-electron chi connectivity index (χ1n) is 10.2. The SMILES string of the molecule is c1[nH]c2ncc3nc(C4CCCCC4)cn3c2c1CC1CCCCC1. The molecule has 3 aromatic rings. The van der Waals surface area contributed by atoms with Gasteiger partial charge in [0.05, 0.1) is 17.4 Å². The van der Waals surface area contributed by atoms with Gasteiger partial charge in [-0.15, -0.1) is 0 Å². The van der Waals surface area contributed by atoms with E-state index in [4.69, 9.17) is 4.98 Å². The molecule has 0 spiro atoms. The fourth-order valence-corrected chi connectivity index (χ4v) is 5.07. The second kappa shape index (κ2) is 6.47. The zero-order chi connectivity index (χ0) is 16.6. The zero-order valence-electron chi connectivity index (χ0n) is 15.0. The van der Waals surface area contributed by atoms with Crippen molar-refractivity contribution in [3.8, 4) is 0 Å². The minimum absolute atomic E-state index is 0.643. The summed E-state index contributed by atoms with van der Waals surface area (Å²) in [6, 6.07) is 0. The summed E-state index contributed by atoms with van der Waals surface area (Å²) in [5.74, 6) is 1.48. The van der Waals surface area contributed by atoms with Crippen LogP contribution in [-0.2, 0) is 6.42 Å². The third-order valence-corrected chi connectivity index (χ3v) is 6.47. The number of hydrogen-bond acceptors (Lipinski definition) is 2. The Morgan fingerprint density at radius 1 is 1.00 bits per heavy atom. The topological polar surface area (TPSA) is 46.0 Å². The van der Waals surface area contributed by atoms with Gasteiger partial charge < -0.3 is 4.98 Å². The summed E-state index contributed by atoms with van der Waals surface area (Å²) < 4.78 is 2.31. The summed E-state index contributed by atoms with van der Waals surface area (Å²) >= 11 is 0. The lowest BCUT2D eigenvalue weighted by Crippen LogP contribution is -2.09. The van der Waals surface area contributed by atoms with Gasteiger partial charge in [0.25, 0.3) is 0 Å². The number of H-pyrrole nitrogens is 1. The lowest BCUT2D eigenvalue weighted by atomic mass is 9.85. The molecule has 0 bridgehead atoms. The number of hydrogen-bond donors (Lipinski definition) is 1. The molecular formula is C21H28N4. The number of aromatic amines is 1. The smallest absolute Gasteiger partial charge is 0.156 e. The molecule has 0 unspecified atom stereocenters. The molecular weight excluding hydrogens is 308 g/mol. The molecule has 4 heteroatoms. The van der Waals surface area contributed by atoms with E-state index in [-0.39, 0.29) is 0 Å². The lowest BCUT2D eigenvalue weighted by Gasteiger charge is -2.21. The fraction of sp³-hybridized carbons (Fsp3) is 0.619. The maximum atomic E-state index is 4.94. The number of aromatic nitrogens is 4. The van der Waals surface area contributed by atoms with Crippen LogP contribution in [0.1, 0.15) is 81.4 Å². The molecule has 0 radical (unpaired) electrons. The van der Waals surface area contributed by atoms with Crippen molar-refractivity contribution in [1.29, 1.82) is 0 Å². The van der Waals surface area contributed by atoms with E-state index in [0.717, 1.165) is 17.2 Å². The molecule has 0 saturated heterocycles. The first-order valence-corrected chi connectivity index (χ1v) is 10.2. The Bertz CT molecular complexity index is 863. The van der Waals surface area contributed by atoms with Crippen LogP contribution in [0.2, 0.25) is 0 Å². The van der Waals surface area contributed by atoms with Crippen molar-refractivity contribution in [3.05, 3.63) is 29.8 Å². The summed E-state index contributed by atoms with van der Waals surface area (Å²) in [4.78, 5) is 13.0. The Morgan fingerprint density at radius 3 is 2.56 bits per heavy atom. The predicted molar refractivity (Wildman–Crippen MR) is 101 cm³/mol. The van der Waals surface area contributed by atoms with Crippen LogP contribution >= 0.6 is 0 Å². The highest BCUT2D eigenvalue weighted by Crippen LogP contribution is 2.33. The maximum absolute atomic E-state index is 4.94. The standard InChI is InChI=1S/C21H28N4/c1-3-7-15(8-4-1)11-17-12-22-21-20(17)25-14-18(24-19(25)13-23-21)16-9-5-2-6-10-16/h12-16,22H,1-11H2. The molecule has 2 aliphatic rings. The summed E-state index contributed by atoms with van der Waals surface area (Å²) in [5.41, 5.74) is 5.98. The van der Waals surface area contributed by atoms with Gasteiger partial charge in [-0.2, -0.15) is 0 Å². The van der Waals surface area contributed by atoms with Crippen LogP contribution in [0, 0.1) is 5.92 Å². The fourth-order valence-electron chi connectivity index (χ4n) is 5.07. The third kappa shape index (κ3) is 2.86. The van der Waals surface area contributed by atoms with Gasteiger partial charge >= 0.3 is 0 Å². The van der Waals surface area contributed by atoms with E-state index < -0.39 is 0 Å². The highest BCUT2D eigenvalue weighted by atomic mass is 15.1. The number of nitrogens with one attached hydrogen (secondary N) is 1. The van der Waals surface area contributed by atoms with E-state index in [9.17, 15) is 0 Å². The Labute approximate surface area is 149 Å². The van der Waals surface area contributed by atoms with E-state index in [1.165, 1.54) is 87.4 Å². The second-order valence-corrected chi connectivity index (χ2v) is 8.21. The van der Waals surface area contributed by atoms with Crippen molar-refractivity contribution in [1.82, 2.24) is 19.4 Å². The molecule has 0 aliphatic heterocycles. The molecule has 0 atom stereocenters. The van der Waals surface area contributed by atoms with E-state index in [1.54, 1.807) is 0 Å². The minimum atomic E-state index is 0.643. The molecule has 132 valence electrons. The van der Waals surface area contributed by atoms with Crippen LogP contribution in [0.4, 0.5) is 0 Å². The Morgan fingerprint density at radius 2 is 1.76 bits per heavy atom. The monoisotopic (exact) mass is 336 g/mol. The first kappa shape index (κ1) is 15.4. The summed E-state index contributed by atoms with van der Waals surface area (Å²) in [6.45, 7) is 0.